The van der Waals surface area contributed by atoms with Crippen LogP contribution in [0.3, 0.4) is 0 Å². The summed E-state index contributed by atoms with van der Waals surface area (Å²) in [5.74, 6) is -0.206. The van der Waals surface area contributed by atoms with Crippen LogP contribution in [0, 0.1) is 5.92 Å². The molecule has 1 saturated heterocycles. The molecule has 1 fully saturated rings. The third kappa shape index (κ3) is 0.920. The lowest BCUT2D eigenvalue weighted by Crippen LogP contribution is -2.60. The van der Waals surface area contributed by atoms with Gasteiger partial charge < -0.3 is 10.4 Å². The summed E-state index contributed by atoms with van der Waals surface area (Å²) in [6, 6.07) is 0.150. The fraction of sp³-hybridized carbons (Fsp3) is 0.833. The van der Waals surface area contributed by atoms with Crippen LogP contribution in [0.25, 0.3) is 0 Å². The van der Waals surface area contributed by atoms with Gasteiger partial charge in [-0.3, -0.25) is 4.79 Å². The van der Waals surface area contributed by atoms with E-state index in [0.29, 0.717) is 0 Å². The summed E-state index contributed by atoms with van der Waals surface area (Å²) in [7, 11) is 0. The van der Waals surface area contributed by atoms with Gasteiger partial charge in [-0.15, -0.1) is 0 Å². The Kier molecular flexibility index (Phi) is 1.45. The van der Waals surface area contributed by atoms with Gasteiger partial charge in [0.25, 0.3) is 0 Å². The Hall–Kier alpha value is -0.570. The highest BCUT2D eigenvalue weighted by Crippen LogP contribution is 2.17. The van der Waals surface area contributed by atoms with Crippen LogP contribution in [-0.4, -0.2) is 23.2 Å². The van der Waals surface area contributed by atoms with Crippen molar-refractivity contribution in [1.82, 2.24) is 5.32 Å². The molecule has 2 N–H and O–H groups in total. The zero-order chi connectivity index (χ0) is 7.02. The second-order valence-corrected chi connectivity index (χ2v) is 2.56. The summed E-state index contributed by atoms with van der Waals surface area (Å²) in [5, 5.41) is 11.6. The molecule has 0 unspecified atom stereocenters. The SMILES string of the molecule is C[C@@H]1NC(=O)[C@@H]1[C@@H](C)O. The Morgan fingerprint density at radius 3 is 2.44 bits per heavy atom. The van der Waals surface area contributed by atoms with Crippen LogP contribution in [0.4, 0.5) is 0 Å². The van der Waals surface area contributed by atoms with E-state index in [1.54, 1.807) is 6.92 Å². The Labute approximate surface area is 54.1 Å². The molecule has 1 amide bonds. The van der Waals surface area contributed by atoms with Gasteiger partial charge in [-0.05, 0) is 13.8 Å². The molecule has 3 nitrogen and oxygen atoms in total. The zero-order valence-corrected chi connectivity index (χ0v) is 5.59. The molecular weight excluding hydrogens is 118 g/mol. The van der Waals surface area contributed by atoms with Crippen LogP contribution in [0.2, 0.25) is 0 Å². The van der Waals surface area contributed by atoms with Crippen molar-refractivity contribution >= 4 is 5.91 Å². The van der Waals surface area contributed by atoms with Crippen LogP contribution in [-0.2, 0) is 4.79 Å². The minimum absolute atomic E-state index is 0.0301. The van der Waals surface area contributed by atoms with Gasteiger partial charge in [0.2, 0.25) is 5.91 Å². The van der Waals surface area contributed by atoms with Crippen molar-refractivity contribution in [2.24, 2.45) is 5.92 Å². The largest absolute Gasteiger partial charge is 0.393 e. The number of nitrogens with one attached hydrogen (secondary N) is 1. The van der Waals surface area contributed by atoms with Gasteiger partial charge in [-0.25, -0.2) is 0 Å². The third-order valence-corrected chi connectivity index (χ3v) is 1.73. The van der Waals surface area contributed by atoms with Gasteiger partial charge in [0.1, 0.15) is 0 Å². The number of β-lactam (4-membered cyclic amide) rings is 1. The number of carbonyl (C=O) groups is 1. The van der Waals surface area contributed by atoms with Gasteiger partial charge in [0.05, 0.1) is 12.0 Å². The second-order valence-electron chi connectivity index (χ2n) is 2.56. The number of aliphatic hydroxyl groups excluding tert-OH is 1. The fourth-order valence-corrected chi connectivity index (χ4v) is 1.18. The lowest BCUT2D eigenvalue weighted by atomic mass is 9.88. The highest BCUT2D eigenvalue weighted by molar-refractivity contribution is 5.86. The van der Waals surface area contributed by atoms with E-state index in [1.165, 1.54) is 0 Å². The summed E-state index contributed by atoms with van der Waals surface area (Å²) < 4.78 is 0. The van der Waals surface area contributed by atoms with Crippen molar-refractivity contribution in [3.63, 3.8) is 0 Å². The number of hydrogen-bond acceptors (Lipinski definition) is 2. The molecule has 1 aliphatic heterocycles. The molecule has 1 aliphatic rings. The van der Waals surface area contributed by atoms with E-state index in [-0.39, 0.29) is 17.9 Å². The highest BCUT2D eigenvalue weighted by atomic mass is 16.3. The first kappa shape index (κ1) is 6.55. The number of rotatable bonds is 1. The summed E-state index contributed by atoms with van der Waals surface area (Å²) >= 11 is 0. The van der Waals surface area contributed by atoms with Crippen molar-refractivity contribution in [2.75, 3.05) is 0 Å². The first-order valence-electron chi connectivity index (χ1n) is 3.11. The van der Waals surface area contributed by atoms with Crippen molar-refractivity contribution in [3.8, 4) is 0 Å². The lowest BCUT2D eigenvalue weighted by molar-refractivity contribution is -0.139. The maximum atomic E-state index is 10.6. The van der Waals surface area contributed by atoms with Crippen molar-refractivity contribution < 1.29 is 9.90 Å². The van der Waals surface area contributed by atoms with Crippen LogP contribution >= 0.6 is 0 Å². The maximum Gasteiger partial charge on any atom is 0.228 e. The van der Waals surface area contributed by atoms with Gasteiger partial charge in [-0.2, -0.15) is 0 Å². The first-order chi connectivity index (χ1) is 4.13. The minimum atomic E-state index is -0.506. The molecule has 0 aromatic rings. The average molecular weight is 129 g/mol. The molecule has 0 bridgehead atoms. The van der Waals surface area contributed by atoms with E-state index in [9.17, 15) is 4.79 Å². The fourth-order valence-electron chi connectivity index (χ4n) is 1.18. The maximum absolute atomic E-state index is 10.6. The first-order valence-corrected chi connectivity index (χ1v) is 3.11. The molecule has 0 aromatic heterocycles. The van der Waals surface area contributed by atoms with E-state index >= 15 is 0 Å². The number of carbonyl (C=O) groups excluding carboxylic acids is 1. The predicted molar refractivity (Wildman–Crippen MR) is 32.8 cm³/mol. The lowest BCUT2D eigenvalue weighted by Gasteiger charge is -2.35. The molecular formula is C6H11NO2. The molecule has 0 saturated carbocycles. The molecule has 1 rings (SSSR count). The molecule has 0 aliphatic carbocycles. The molecule has 9 heavy (non-hydrogen) atoms. The normalized spacial score (nSPS) is 37.0. The van der Waals surface area contributed by atoms with Crippen molar-refractivity contribution in [3.05, 3.63) is 0 Å². The zero-order valence-electron chi connectivity index (χ0n) is 5.59. The molecule has 1 heterocycles. The van der Waals surface area contributed by atoms with Crippen molar-refractivity contribution in [2.45, 2.75) is 26.0 Å². The Balaban J connectivity index is 2.49. The van der Waals surface area contributed by atoms with Crippen LogP contribution in [0.1, 0.15) is 13.8 Å². The molecule has 0 aromatic carbocycles. The summed E-state index contributed by atoms with van der Waals surface area (Å²) in [6.45, 7) is 3.53. The molecule has 3 atom stereocenters. The molecule has 52 valence electrons. The van der Waals surface area contributed by atoms with Gasteiger partial charge in [0.15, 0.2) is 0 Å². The molecule has 0 radical (unpaired) electrons. The third-order valence-electron chi connectivity index (χ3n) is 1.73. The molecule has 0 spiro atoms. The minimum Gasteiger partial charge on any atom is -0.393 e. The van der Waals surface area contributed by atoms with E-state index in [4.69, 9.17) is 5.11 Å². The smallest absolute Gasteiger partial charge is 0.228 e. The monoisotopic (exact) mass is 129 g/mol. The van der Waals surface area contributed by atoms with Crippen LogP contribution in [0.5, 0.6) is 0 Å². The standard InChI is InChI=1S/C6H11NO2/c1-3-5(4(2)8)6(9)7-3/h3-5,8H,1-2H3,(H,7,9)/t3-,4+,5-/m0/s1. The summed E-state index contributed by atoms with van der Waals surface area (Å²) in [6.07, 6.45) is -0.506. The highest BCUT2D eigenvalue weighted by Gasteiger charge is 2.38. The number of amides is 1. The van der Waals surface area contributed by atoms with Gasteiger partial charge >= 0.3 is 0 Å². The van der Waals surface area contributed by atoms with Crippen LogP contribution in [0.15, 0.2) is 0 Å². The second kappa shape index (κ2) is 1.99. The van der Waals surface area contributed by atoms with E-state index in [2.05, 4.69) is 5.32 Å². The van der Waals surface area contributed by atoms with Gasteiger partial charge in [0, 0.05) is 6.04 Å². The van der Waals surface area contributed by atoms with Crippen LogP contribution < -0.4 is 5.32 Å². The Morgan fingerprint density at radius 2 is 2.33 bits per heavy atom. The predicted octanol–water partition coefficient (Wildman–Crippen LogP) is -0.498. The summed E-state index contributed by atoms with van der Waals surface area (Å²) in [5.41, 5.74) is 0. The average Bonchev–Trinajstić information content (AvgIpc) is 1.62. The van der Waals surface area contributed by atoms with E-state index in [0.717, 1.165) is 0 Å². The van der Waals surface area contributed by atoms with E-state index < -0.39 is 6.10 Å². The van der Waals surface area contributed by atoms with Gasteiger partial charge in [-0.1, -0.05) is 0 Å². The topological polar surface area (TPSA) is 49.3 Å². The number of aliphatic hydroxyl groups is 1. The van der Waals surface area contributed by atoms with E-state index in [1.807, 2.05) is 6.92 Å². The number of hydrogen-bond donors (Lipinski definition) is 2. The van der Waals surface area contributed by atoms with Crippen molar-refractivity contribution in [1.29, 1.82) is 0 Å². The molecule has 3 heteroatoms. The summed E-state index contributed by atoms with van der Waals surface area (Å²) in [4.78, 5) is 10.6. The Bertz CT molecular complexity index is 128. The Morgan fingerprint density at radius 1 is 1.78 bits per heavy atom. The quantitative estimate of drug-likeness (QED) is 0.469.